The molecular weight excluding hydrogens is 947 g/mol. The molecule has 10 heteroatoms. The number of aliphatic hydroxyl groups is 2. The van der Waals surface area contributed by atoms with Crippen molar-refractivity contribution >= 4 is 11.7 Å². The van der Waals surface area contributed by atoms with Crippen molar-refractivity contribution in [3.8, 4) is 29.1 Å². The van der Waals surface area contributed by atoms with Gasteiger partial charge in [-0.15, -0.1) is 0 Å². The zero-order chi connectivity index (χ0) is 52.3. The van der Waals surface area contributed by atoms with E-state index < -0.39 is 10.8 Å². The third-order valence-corrected chi connectivity index (χ3v) is 20.2. The van der Waals surface area contributed by atoms with E-state index in [-0.39, 0.29) is 90.3 Å². The molecule has 8 aliphatic carbocycles. The molecule has 0 amide bonds. The number of nitrogens with two attached hydrogens (primary N) is 1. The van der Waals surface area contributed by atoms with Gasteiger partial charge in [0, 0.05) is 53.9 Å². The number of ketones is 1. The number of Topliss-reactive ketones (excluding diaryl/α,β-unsaturated/α-hetero) is 1. The van der Waals surface area contributed by atoms with Crippen LogP contribution in [-0.2, 0) is 27.9 Å². The van der Waals surface area contributed by atoms with E-state index in [1.165, 1.54) is 23.1 Å². The summed E-state index contributed by atoms with van der Waals surface area (Å²) in [5.74, 6) is 8.50. The maximum atomic E-state index is 14.8. The van der Waals surface area contributed by atoms with E-state index in [2.05, 4.69) is 66.6 Å². The molecule has 10 bridgehead atoms. The molecule has 3 aromatic carbocycles. The summed E-state index contributed by atoms with van der Waals surface area (Å²) in [6.07, 6.45) is 27.0. The molecule has 0 radical (unpaired) electrons. The molecule has 1 heterocycles. The quantitative estimate of drug-likeness (QED) is 0.0903. The number of aliphatic hydroxyl groups excluding tert-OH is 2. The van der Waals surface area contributed by atoms with E-state index in [9.17, 15) is 25.2 Å². The van der Waals surface area contributed by atoms with Crippen LogP contribution in [0.25, 0.3) is 0 Å². The highest BCUT2D eigenvalue weighted by molar-refractivity contribution is 5.99. The predicted molar refractivity (Wildman–Crippen MR) is 297 cm³/mol. The number of aromatic hydroxyl groups is 2. The summed E-state index contributed by atoms with van der Waals surface area (Å²) < 4.78 is 13.6. The first-order valence-corrected chi connectivity index (χ1v) is 29.1. The number of phenolic OH excluding ortho intramolecular Hbond substituents is 2. The van der Waals surface area contributed by atoms with Gasteiger partial charge in [-0.2, -0.15) is 0 Å². The number of carbonyl (C=O) groups is 1. The van der Waals surface area contributed by atoms with Gasteiger partial charge >= 0.3 is 0 Å². The second kappa shape index (κ2) is 20.6. The molecule has 10 unspecified atom stereocenters. The summed E-state index contributed by atoms with van der Waals surface area (Å²) >= 11 is 0. The smallest absolute Gasteiger partial charge is 0.189 e. The monoisotopic (exact) mass is 1030 g/mol. The number of rotatable bonds is 9. The van der Waals surface area contributed by atoms with Gasteiger partial charge < -0.3 is 41.0 Å². The first-order valence-electron chi connectivity index (χ1n) is 29.1. The van der Waals surface area contributed by atoms with Crippen LogP contribution in [0, 0.1) is 46.3 Å². The van der Waals surface area contributed by atoms with Crippen LogP contribution in [0.2, 0.25) is 0 Å². The third kappa shape index (κ3) is 9.04. The Morgan fingerprint density at radius 2 is 1.79 bits per heavy atom. The fourth-order valence-corrected chi connectivity index (χ4v) is 17.0. The number of nitrogens with zero attached hydrogens (tertiary/aromatic N) is 1. The summed E-state index contributed by atoms with van der Waals surface area (Å²) in [4.78, 5) is 20.3. The van der Waals surface area contributed by atoms with E-state index in [1.807, 2.05) is 43.5 Å². The molecule has 9 aliphatic rings. The Hall–Kier alpha value is -5.60. The van der Waals surface area contributed by atoms with Crippen LogP contribution in [0.1, 0.15) is 173 Å². The number of allylic oxidation sites excluding steroid dienone is 5. The van der Waals surface area contributed by atoms with E-state index in [1.54, 1.807) is 0 Å². The number of phenols is 2. The van der Waals surface area contributed by atoms with Crippen LogP contribution < -0.4 is 15.8 Å². The lowest BCUT2D eigenvalue weighted by Gasteiger charge is -2.62. The minimum Gasteiger partial charge on any atom is -0.508 e. The third-order valence-electron chi connectivity index (χ3n) is 20.2. The average molecular weight is 1030 g/mol. The predicted octanol–water partition coefficient (Wildman–Crippen LogP) is 11.2. The summed E-state index contributed by atoms with van der Waals surface area (Å²) in [7, 11) is 1.85. The van der Waals surface area contributed by atoms with Gasteiger partial charge in [-0.05, 0) is 177 Å². The molecule has 7 N–H and O–H groups in total. The number of guanidine groups is 1. The SMILES string of the molecule is COC1CCC23CC(C)CC4C2=CC2CC(CC#Cc5c(CCC(=O)C6=C(CO)C7CCC=CC7(CO)C=C6)cc(OC6CCCC6)c(O)c5C3C21)N=C(N)NC1(CCCCC1)c1cccc(c1)Cc1cc(O)cc4c1. The molecule has 10 nitrogen and oxygen atoms in total. The average Bonchev–Trinajstić information content (AvgIpc) is 4.01. The summed E-state index contributed by atoms with van der Waals surface area (Å²) in [6.45, 7) is 2.03. The highest BCUT2D eigenvalue weighted by Crippen LogP contribution is 2.70. The molecule has 3 aromatic rings. The number of nitrogens with one attached hydrogen (secondary N) is 1. The molecule has 2 spiro atoms. The normalized spacial score (nSPS) is 32.3. The van der Waals surface area contributed by atoms with Gasteiger partial charge in [-0.25, -0.2) is 4.99 Å². The number of aliphatic imine (C=N–C) groups is 1. The van der Waals surface area contributed by atoms with Crippen LogP contribution in [0.15, 0.2) is 101 Å². The number of methoxy groups -OCH3 is 1. The van der Waals surface area contributed by atoms with Gasteiger partial charge in [0.25, 0.3) is 0 Å². The van der Waals surface area contributed by atoms with Gasteiger partial charge in [-0.1, -0.05) is 104 Å². The molecule has 10 atom stereocenters. The second-order valence-corrected chi connectivity index (χ2v) is 24.7. The van der Waals surface area contributed by atoms with E-state index >= 15 is 0 Å². The summed E-state index contributed by atoms with van der Waals surface area (Å²) in [5.41, 5.74) is 15.5. The van der Waals surface area contributed by atoms with Gasteiger partial charge in [0.2, 0.25) is 0 Å². The van der Waals surface area contributed by atoms with Crippen molar-refractivity contribution in [3.63, 3.8) is 0 Å². The topological polar surface area (TPSA) is 167 Å². The standard InChI is InChI=1S/C66H79N3O7/c1-40-28-52-44-30-42(32-48(72)34-44)29-41-12-10-13-46(31-41)66(24-7-3-8-25-66)69-63(67)68-47-14-11-17-50-43(19-20-56(73)51-21-26-64(39-71)23-9-6-18-54(64)53(51)38-70)36-58(76-49-15-4-5-16-49)62(74)60(50)61-59-45(33-47)35-55(52)65(61,37-40)27-22-57(59)75-2/h9-10,12-13,21,23,26,30-32,34-36,40,45,47,49,52,54,57,59,61,70-72,74H,3-8,14-16,18-20,22,24-25,27-29,33,37-39H2,1-2H3,(H3,67,68,69). The first kappa shape index (κ1) is 51.2. The molecule has 1 aliphatic heterocycles. The van der Waals surface area contributed by atoms with Crippen LogP contribution >= 0.6 is 0 Å². The van der Waals surface area contributed by atoms with Crippen molar-refractivity contribution in [2.24, 2.45) is 45.2 Å². The Bertz CT molecular complexity index is 2980. The van der Waals surface area contributed by atoms with E-state index in [0.29, 0.717) is 54.5 Å². The van der Waals surface area contributed by atoms with Crippen molar-refractivity contribution in [2.75, 3.05) is 20.3 Å². The summed E-state index contributed by atoms with van der Waals surface area (Å²) in [6, 6.07) is 17.0. The molecule has 4 fully saturated rings. The lowest BCUT2D eigenvalue weighted by molar-refractivity contribution is -0.115. The van der Waals surface area contributed by atoms with Crippen molar-refractivity contribution in [2.45, 2.75) is 171 Å². The Kier molecular flexibility index (Phi) is 13.9. The van der Waals surface area contributed by atoms with Gasteiger partial charge in [0.1, 0.15) is 5.75 Å². The lowest BCUT2D eigenvalue weighted by Crippen LogP contribution is -2.54. The van der Waals surface area contributed by atoms with Crippen molar-refractivity contribution in [1.82, 2.24) is 5.32 Å². The maximum absolute atomic E-state index is 14.8. The fourth-order valence-electron chi connectivity index (χ4n) is 17.0. The molecule has 0 saturated heterocycles. The Labute approximate surface area is 450 Å². The largest absolute Gasteiger partial charge is 0.508 e. The molecule has 4 saturated carbocycles. The van der Waals surface area contributed by atoms with Gasteiger partial charge in [0.15, 0.2) is 23.2 Å². The summed E-state index contributed by atoms with van der Waals surface area (Å²) in [5, 5.41) is 50.5. The zero-order valence-electron chi connectivity index (χ0n) is 44.8. The van der Waals surface area contributed by atoms with Gasteiger partial charge in [0.05, 0.1) is 37.0 Å². The molecular formula is C66H79N3O7. The molecule has 400 valence electrons. The molecule has 76 heavy (non-hydrogen) atoms. The number of carbonyl (C=O) groups excluding carboxylic acids is 1. The molecule has 0 aromatic heterocycles. The Morgan fingerprint density at radius 3 is 2.59 bits per heavy atom. The number of fused-ring (bicyclic) bond motifs is 9. The van der Waals surface area contributed by atoms with Crippen molar-refractivity contribution in [3.05, 3.63) is 135 Å². The number of benzene rings is 3. The van der Waals surface area contributed by atoms with Crippen LogP contribution in [0.3, 0.4) is 0 Å². The minimum atomic E-state index is -0.631. The number of aryl methyl sites for hydroxylation is 1. The maximum Gasteiger partial charge on any atom is 0.189 e. The number of hydrogen-bond acceptors (Lipinski definition) is 10. The highest BCUT2D eigenvalue weighted by atomic mass is 16.5. The van der Waals surface area contributed by atoms with E-state index in [4.69, 9.17) is 20.2 Å². The fraction of sp³-hybridized carbons (Fsp3) is 0.545. The highest BCUT2D eigenvalue weighted by Gasteiger charge is 2.61. The van der Waals surface area contributed by atoms with Crippen LogP contribution in [0.5, 0.6) is 17.2 Å². The first-order chi connectivity index (χ1) is 36.9. The van der Waals surface area contributed by atoms with Crippen molar-refractivity contribution < 1.29 is 34.7 Å². The van der Waals surface area contributed by atoms with Gasteiger partial charge in [-0.3, -0.25) is 4.79 Å². The lowest BCUT2D eigenvalue weighted by atomic mass is 9.43. The molecule has 12 rings (SSSR count). The van der Waals surface area contributed by atoms with Crippen LogP contribution in [0.4, 0.5) is 0 Å². The zero-order valence-corrected chi connectivity index (χ0v) is 44.8. The Balaban J connectivity index is 1.06. The van der Waals surface area contributed by atoms with Crippen LogP contribution in [-0.4, -0.2) is 70.7 Å². The minimum absolute atomic E-state index is 0.0113. The number of hydrogen-bond donors (Lipinski definition) is 6. The number of ether oxygens (including phenoxy) is 2. The van der Waals surface area contributed by atoms with Crippen molar-refractivity contribution in [1.29, 1.82) is 0 Å². The Morgan fingerprint density at radius 1 is 0.947 bits per heavy atom. The van der Waals surface area contributed by atoms with E-state index in [0.717, 1.165) is 118 Å². The second-order valence-electron chi connectivity index (χ2n) is 24.7.